The monoisotopic (exact) mass is 427 g/mol. The third-order valence-electron chi connectivity index (χ3n) is 6.10. The molecule has 1 atom stereocenters. The summed E-state index contributed by atoms with van der Waals surface area (Å²) in [5.41, 5.74) is 1.03. The Labute approximate surface area is 183 Å². The molecule has 0 saturated carbocycles. The minimum Gasteiger partial charge on any atom is -0.357 e. The van der Waals surface area contributed by atoms with Gasteiger partial charge in [0.15, 0.2) is 0 Å². The zero-order valence-electron chi connectivity index (χ0n) is 17.7. The molecule has 0 aliphatic carbocycles. The summed E-state index contributed by atoms with van der Waals surface area (Å²) in [4.78, 5) is 23.2. The summed E-state index contributed by atoms with van der Waals surface area (Å²) in [7, 11) is 0. The molecule has 162 valence electrons. The Morgan fingerprint density at radius 2 is 1.77 bits per heavy atom. The van der Waals surface area contributed by atoms with Crippen LogP contribution in [0.1, 0.15) is 55.0 Å². The first-order valence-corrected chi connectivity index (χ1v) is 12.2. The molecule has 4 rings (SSSR count). The number of hydrogen-bond donors (Lipinski definition) is 2. The molecule has 2 amide bonds. The molecule has 7 heteroatoms. The van der Waals surface area contributed by atoms with E-state index in [0.717, 1.165) is 37.6 Å². The topological polar surface area (TPSA) is 60.5 Å². The molecule has 2 aliphatic heterocycles. The number of hydrogen-bond acceptors (Lipinski definition) is 5. The Morgan fingerprint density at radius 3 is 2.43 bits per heavy atom. The van der Waals surface area contributed by atoms with Crippen LogP contribution < -0.4 is 15.5 Å². The van der Waals surface area contributed by atoms with Gasteiger partial charge < -0.3 is 15.5 Å². The molecule has 2 aliphatic rings. The molecule has 30 heavy (non-hydrogen) atoms. The fourth-order valence-electron chi connectivity index (χ4n) is 4.39. The first-order valence-electron chi connectivity index (χ1n) is 11.3. The number of carbonyl (C=O) groups is 1. The van der Waals surface area contributed by atoms with Crippen LogP contribution in [0, 0.1) is 0 Å². The van der Waals surface area contributed by atoms with E-state index in [1.807, 2.05) is 6.20 Å². The summed E-state index contributed by atoms with van der Waals surface area (Å²) in [5, 5.41) is 8.17. The van der Waals surface area contributed by atoms with E-state index >= 15 is 0 Å². The van der Waals surface area contributed by atoms with Crippen LogP contribution in [-0.2, 0) is 6.54 Å². The lowest BCUT2D eigenvalue weighted by Crippen LogP contribution is -2.41. The number of aromatic nitrogens is 1. The van der Waals surface area contributed by atoms with Gasteiger partial charge in [-0.2, -0.15) is 0 Å². The molecular weight excluding hydrogens is 394 g/mol. The van der Waals surface area contributed by atoms with Crippen molar-refractivity contribution in [2.24, 2.45) is 0 Å². The largest absolute Gasteiger partial charge is 0.357 e. The summed E-state index contributed by atoms with van der Waals surface area (Å²) < 4.78 is 0. The summed E-state index contributed by atoms with van der Waals surface area (Å²) >= 11 is 1.77. The van der Waals surface area contributed by atoms with Crippen molar-refractivity contribution < 1.29 is 4.79 Å². The molecule has 0 radical (unpaired) electrons. The van der Waals surface area contributed by atoms with Crippen molar-refractivity contribution in [3.63, 3.8) is 0 Å². The highest BCUT2D eigenvalue weighted by Gasteiger charge is 2.24. The van der Waals surface area contributed by atoms with Crippen LogP contribution in [0.2, 0.25) is 0 Å². The van der Waals surface area contributed by atoms with E-state index in [4.69, 9.17) is 0 Å². The summed E-state index contributed by atoms with van der Waals surface area (Å²) in [5.74, 6) is 1.05. The second kappa shape index (κ2) is 10.8. The van der Waals surface area contributed by atoms with Crippen LogP contribution >= 0.6 is 11.3 Å². The van der Waals surface area contributed by atoms with Crippen LogP contribution in [0.25, 0.3) is 0 Å². The standard InChI is InChI=1S/C23H33N5OS/c29-23(26-18-20(21-8-7-15-30-21)27-11-5-6-12-27)25-17-19-9-10-22(24-16-19)28-13-3-1-2-4-14-28/h7-10,15-16,20H,1-6,11-14,17-18H2,(H2,25,26,29). The number of pyridine rings is 1. The average molecular weight is 428 g/mol. The van der Waals surface area contributed by atoms with Gasteiger partial charge in [0, 0.05) is 37.3 Å². The fraction of sp³-hybridized carbons (Fsp3) is 0.565. The lowest BCUT2D eigenvalue weighted by Gasteiger charge is -2.27. The molecule has 6 nitrogen and oxygen atoms in total. The van der Waals surface area contributed by atoms with Gasteiger partial charge in [-0.3, -0.25) is 4.90 Å². The Balaban J connectivity index is 1.25. The quantitative estimate of drug-likeness (QED) is 0.697. The smallest absolute Gasteiger partial charge is 0.315 e. The minimum atomic E-state index is -0.118. The van der Waals surface area contributed by atoms with E-state index in [9.17, 15) is 4.79 Å². The Bertz CT molecular complexity index is 765. The lowest BCUT2D eigenvalue weighted by atomic mass is 10.2. The first-order chi connectivity index (χ1) is 14.8. The zero-order chi connectivity index (χ0) is 20.6. The number of anilines is 1. The van der Waals surface area contributed by atoms with E-state index in [0.29, 0.717) is 13.1 Å². The molecular formula is C23H33N5OS. The van der Waals surface area contributed by atoms with E-state index in [1.54, 1.807) is 11.3 Å². The Morgan fingerprint density at radius 1 is 1.00 bits per heavy atom. The van der Waals surface area contributed by atoms with Gasteiger partial charge in [0.25, 0.3) is 0 Å². The number of nitrogens with one attached hydrogen (secondary N) is 2. The van der Waals surface area contributed by atoms with Crippen LogP contribution in [0.5, 0.6) is 0 Å². The van der Waals surface area contributed by atoms with Gasteiger partial charge >= 0.3 is 6.03 Å². The van der Waals surface area contributed by atoms with Gasteiger partial charge in [0.05, 0.1) is 6.04 Å². The van der Waals surface area contributed by atoms with E-state index < -0.39 is 0 Å². The zero-order valence-corrected chi connectivity index (χ0v) is 18.5. The van der Waals surface area contributed by atoms with Gasteiger partial charge in [0.2, 0.25) is 0 Å². The van der Waals surface area contributed by atoms with E-state index in [2.05, 4.69) is 55.1 Å². The van der Waals surface area contributed by atoms with Crippen LogP contribution in [0.3, 0.4) is 0 Å². The highest BCUT2D eigenvalue weighted by molar-refractivity contribution is 7.10. The summed E-state index contributed by atoms with van der Waals surface area (Å²) in [6.07, 6.45) is 9.50. The Hall–Kier alpha value is -2.12. The van der Waals surface area contributed by atoms with Crippen molar-refractivity contribution in [2.75, 3.05) is 37.6 Å². The number of rotatable bonds is 7. The second-order valence-electron chi connectivity index (χ2n) is 8.26. The van der Waals surface area contributed by atoms with Crippen molar-refractivity contribution in [3.05, 3.63) is 46.3 Å². The molecule has 4 heterocycles. The van der Waals surface area contributed by atoms with Gasteiger partial charge in [-0.05, 0) is 61.8 Å². The maximum Gasteiger partial charge on any atom is 0.315 e. The predicted octanol–water partition coefficient (Wildman–Crippen LogP) is 4.16. The third kappa shape index (κ3) is 5.73. The average Bonchev–Trinajstić information content (AvgIpc) is 3.44. The molecule has 2 saturated heterocycles. The predicted molar refractivity (Wildman–Crippen MR) is 123 cm³/mol. The van der Waals surface area contributed by atoms with Crippen molar-refractivity contribution >= 4 is 23.2 Å². The number of likely N-dealkylation sites (tertiary alicyclic amines) is 1. The number of carbonyl (C=O) groups excluding carboxylic acids is 1. The summed E-state index contributed by atoms with van der Waals surface area (Å²) in [6, 6.07) is 8.57. The van der Waals surface area contributed by atoms with Crippen molar-refractivity contribution in [1.29, 1.82) is 0 Å². The lowest BCUT2D eigenvalue weighted by molar-refractivity contribution is 0.222. The van der Waals surface area contributed by atoms with Crippen LogP contribution in [0.4, 0.5) is 10.6 Å². The maximum atomic E-state index is 12.4. The highest BCUT2D eigenvalue weighted by atomic mass is 32.1. The molecule has 2 fully saturated rings. The van der Waals surface area contributed by atoms with Gasteiger partial charge in [-0.1, -0.05) is 25.0 Å². The molecule has 0 bridgehead atoms. The second-order valence-corrected chi connectivity index (χ2v) is 9.24. The maximum absolute atomic E-state index is 12.4. The summed E-state index contributed by atoms with van der Waals surface area (Å²) in [6.45, 7) is 5.54. The molecule has 2 aromatic heterocycles. The molecule has 0 aromatic carbocycles. The van der Waals surface area contributed by atoms with Gasteiger partial charge in [-0.15, -0.1) is 11.3 Å². The SMILES string of the molecule is O=C(NCc1ccc(N2CCCCCC2)nc1)NCC(c1cccs1)N1CCCC1. The highest BCUT2D eigenvalue weighted by Crippen LogP contribution is 2.27. The number of thiophene rings is 1. The minimum absolute atomic E-state index is 0.118. The molecule has 1 unspecified atom stereocenters. The number of amides is 2. The molecule has 2 aromatic rings. The first kappa shape index (κ1) is 21.1. The molecule has 2 N–H and O–H groups in total. The van der Waals surface area contributed by atoms with Crippen molar-refractivity contribution in [3.8, 4) is 0 Å². The van der Waals surface area contributed by atoms with Crippen molar-refractivity contribution in [2.45, 2.75) is 51.1 Å². The van der Waals surface area contributed by atoms with Crippen LogP contribution in [-0.4, -0.2) is 48.6 Å². The number of nitrogens with zero attached hydrogens (tertiary/aromatic N) is 3. The number of urea groups is 1. The van der Waals surface area contributed by atoms with Crippen molar-refractivity contribution in [1.82, 2.24) is 20.5 Å². The van der Waals surface area contributed by atoms with E-state index in [-0.39, 0.29) is 12.1 Å². The van der Waals surface area contributed by atoms with Gasteiger partial charge in [-0.25, -0.2) is 9.78 Å². The van der Waals surface area contributed by atoms with E-state index in [1.165, 1.54) is 43.4 Å². The fourth-order valence-corrected chi connectivity index (χ4v) is 5.25. The third-order valence-corrected chi connectivity index (χ3v) is 7.07. The van der Waals surface area contributed by atoms with Crippen LogP contribution in [0.15, 0.2) is 35.8 Å². The Kier molecular flexibility index (Phi) is 7.59. The molecule has 0 spiro atoms. The van der Waals surface area contributed by atoms with Gasteiger partial charge in [0.1, 0.15) is 5.82 Å². The normalized spacial score (nSPS) is 18.7.